The number of fused-ring (bicyclic) bond motifs is 1. The van der Waals surface area contributed by atoms with Gasteiger partial charge in [0.1, 0.15) is 5.75 Å². The minimum atomic E-state index is -0.0609. The highest BCUT2D eigenvalue weighted by Crippen LogP contribution is 2.33. The zero-order chi connectivity index (χ0) is 22.6. The average Bonchev–Trinajstić information content (AvgIpc) is 3.52. The van der Waals surface area contributed by atoms with Gasteiger partial charge in [0.2, 0.25) is 0 Å². The van der Waals surface area contributed by atoms with Crippen LogP contribution in [0.5, 0.6) is 5.75 Å². The van der Waals surface area contributed by atoms with E-state index in [1.165, 1.54) is 11.3 Å². The summed E-state index contributed by atoms with van der Waals surface area (Å²) in [5.74, 6) is 0.753. The van der Waals surface area contributed by atoms with E-state index in [1.54, 1.807) is 4.90 Å². The van der Waals surface area contributed by atoms with Crippen LogP contribution in [0.25, 0.3) is 21.3 Å². The minimum Gasteiger partial charge on any atom is -0.494 e. The van der Waals surface area contributed by atoms with Gasteiger partial charge in [-0.15, -0.1) is 0 Å². The molecular formula is C27H26N2O3S. The Morgan fingerprint density at radius 1 is 1.09 bits per heavy atom. The Bertz CT molecular complexity index is 1230. The number of thiazole rings is 1. The van der Waals surface area contributed by atoms with Crippen LogP contribution in [0.1, 0.15) is 30.1 Å². The van der Waals surface area contributed by atoms with E-state index in [1.807, 2.05) is 67.6 Å². The van der Waals surface area contributed by atoms with Gasteiger partial charge in [-0.2, -0.15) is 0 Å². The molecule has 1 atom stereocenters. The zero-order valence-electron chi connectivity index (χ0n) is 18.6. The fourth-order valence-corrected chi connectivity index (χ4v) is 5.10. The maximum atomic E-state index is 13.6. The lowest BCUT2D eigenvalue weighted by Crippen LogP contribution is -2.37. The van der Waals surface area contributed by atoms with E-state index in [2.05, 4.69) is 12.1 Å². The number of anilines is 1. The molecular weight excluding hydrogens is 432 g/mol. The van der Waals surface area contributed by atoms with Crippen molar-refractivity contribution in [1.29, 1.82) is 0 Å². The number of carbonyl (C=O) groups excluding carboxylic acids is 1. The lowest BCUT2D eigenvalue weighted by molar-refractivity contribution is 0.0917. The van der Waals surface area contributed by atoms with E-state index >= 15 is 0 Å². The second-order valence-electron chi connectivity index (χ2n) is 8.05. The molecule has 1 aliphatic rings. The quantitative estimate of drug-likeness (QED) is 0.331. The highest BCUT2D eigenvalue weighted by Gasteiger charge is 2.27. The van der Waals surface area contributed by atoms with Gasteiger partial charge in [0.25, 0.3) is 5.91 Å². The summed E-state index contributed by atoms with van der Waals surface area (Å²) in [7, 11) is 0. The summed E-state index contributed by atoms with van der Waals surface area (Å²) in [4.78, 5) is 20.2. The number of ether oxygens (including phenoxy) is 2. The van der Waals surface area contributed by atoms with Crippen molar-refractivity contribution in [3.8, 4) is 16.9 Å². The lowest BCUT2D eigenvalue weighted by atomic mass is 10.0. The molecule has 0 N–H and O–H groups in total. The van der Waals surface area contributed by atoms with E-state index in [0.29, 0.717) is 23.8 Å². The molecule has 4 aromatic rings. The Labute approximate surface area is 197 Å². The van der Waals surface area contributed by atoms with Crippen molar-refractivity contribution in [2.45, 2.75) is 25.9 Å². The molecule has 168 valence electrons. The second kappa shape index (κ2) is 9.73. The van der Waals surface area contributed by atoms with Gasteiger partial charge in [0.15, 0.2) is 5.13 Å². The molecule has 0 spiro atoms. The molecule has 1 unspecified atom stereocenters. The molecule has 6 heteroatoms. The summed E-state index contributed by atoms with van der Waals surface area (Å²) in [6.45, 7) is 3.82. The second-order valence-corrected chi connectivity index (χ2v) is 9.06. The van der Waals surface area contributed by atoms with Crippen molar-refractivity contribution >= 4 is 32.6 Å². The third kappa shape index (κ3) is 4.77. The molecule has 0 bridgehead atoms. The normalized spacial score (nSPS) is 15.6. The lowest BCUT2D eigenvalue weighted by Gasteiger charge is -2.23. The minimum absolute atomic E-state index is 0.0311. The Morgan fingerprint density at radius 3 is 2.61 bits per heavy atom. The molecule has 1 saturated heterocycles. The standard InChI is InChI=1S/C27H26N2O3S/c1-2-31-22-14-15-24-25(17-22)33-27(28-24)29(18-23-9-6-16-32-23)26(30)21-12-10-20(11-13-21)19-7-4-3-5-8-19/h3-5,7-8,10-15,17,23H,2,6,9,16,18H2,1H3. The van der Waals surface area contributed by atoms with Crippen LogP contribution in [0.15, 0.2) is 72.8 Å². The molecule has 0 radical (unpaired) electrons. The summed E-state index contributed by atoms with van der Waals surface area (Å²) in [5.41, 5.74) is 3.72. The molecule has 5 nitrogen and oxygen atoms in total. The Hall–Kier alpha value is -3.22. The first-order chi connectivity index (χ1) is 16.2. The van der Waals surface area contributed by atoms with Crippen LogP contribution in [0.2, 0.25) is 0 Å². The third-order valence-corrected chi connectivity index (χ3v) is 6.83. The van der Waals surface area contributed by atoms with Crippen molar-refractivity contribution in [2.75, 3.05) is 24.7 Å². The predicted molar refractivity (Wildman–Crippen MR) is 133 cm³/mol. The number of carbonyl (C=O) groups is 1. The molecule has 33 heavy (non-hydrogen) atoms. The molecule has 2 heterocycles. The van der Waals surface area contributed by atoms with Gasteiger partial charge >= 0.3 is 0 Å². The van der Waals surface area contributed by atoms with E-state index in [4.69, 9.17) is 14.5 Å². The Kier molecular flexibility index (Phi) is 6.37. The van der Waals surface area contributed by atoms with Crippen molar-refractivity contribution in [3.05, 3.63) is 78.4 Å². The van der Waals surface area contributed by atoms with Crippen molar-refractivity contribution in [1.82, 2.24) is 4.98 Å². The maximum Gasteiger partial charge on any atom is 0.260 e. The van der Waals surface area contributed by atoms with Crippen LogP contribution in [0.3, 0.4) is 0 Å². The maximum absolute atomic E-state index is 13.6. The number of rotatable bonds is 7. The fourth-order valence-electron chi connectivity index (χ4n) is 4.10. The number of amides is 1. The van der Waals surface area contributed by atoms with Crippen LogP contribution in [-0.2, 0) is 4.74 Å². The SMILES string of the molecule is CCOc1ccc2nc(N(CC3CCCO3)C(=O)c3ccc(-c4ccccc4)cc3)sc2c1. The Balaban J connectivity index is 1.45. The molecule has 3 aromatic carbocycles. The first-order valence-electron chi connectivity index (χ1n) is 11.3. The van der Waals surface area contributed by atoms with Gasteiger partial charge in [-0.25, -0.2) is 4.98 Å². The number of hydrogen-bond acceptors (Lipinski definition) is 5. The van der Waals surface area contributed by atoms with Gasteiger partial charge in [0.05, 0.1) is 29.5 Å². The molecule has 5 rings (SSSR count). The van der Waals surface area contributed by atoms with Gasteiger partial charge < -0.3 is 9.47 Å². The van der Waals surface area contributed by atoms with Crippen molar-refractivity contribution in [3.63, 3.8) is 0 Å². The van der Waals surface area contributed by atoms with Gasteiger partial charge in [-0.1, -0.05) is 53.8 Å². The smallest absolute Gasteiger partial charge is 0.260 e. The van der Waals surface area contributed by atoms with E-state index in [9.17, 15) is 4.79 Å². The number of nitrogens with zero attached hydrogens (tertiary/aromatic N) is 2. The summed E-state index contributed by atoms with van der Waals surface area (Å²) in [6, 6.07) is 23.8. The summed E-state index contributed by atoms with van der Waals surface area (Å²) in [6.07, 6.45) is 2.01. The third-order valence-electron chi connectivity index (χ3n) is 5.78. The summed E-state index contributed by atoms with van der Waals surface area (Å²) < 4.78 is 12.5. The molecule has 0 saturated carbocycles. The fraction of sp³-hybridized carbons (Fsp3) is 0.259. The summed E-state index contributed by atoms with van der Waals surface area (Å²) in [5, 5.41) is 0.686. The van der Waals surface area contributed by atoms with Crippen LogP contribution < -0.4 is 9.64 Å². The van der Waals surface area contributed by atoms with Crippen molar-refractivity contribution in [2.24, 2.45) is 0 Å². The number of aromatic nitrogens is 1. The Morgan fingerprint density at radius 2 is 1.88 bits per heavy atom. The largest absolute Gasteiger partial charge is 0.494 e. The highest BCUT2D eigenvalue weighted by molar-refractivity contribution is 7.22. The van der Waals surface area contributed by atoms with Crippen LogP contribution >= 0.6 is 11.3 Å². The number of hydrogen-bond donors (Lipinski definition) is 0. The first kappa shape index (κ1) is 21.6. The molecule has 1 fully saturated rings. The summed E-state index contributed by atoms with van der Waals surface area (Å²) >= 11 is 1.51. The molecule has 1 aromatic heterocycles. The zero-order valence-corrected chi connectivity index (χ0v) is 19.4. The van der Waals surface area contributed by atoms with E-state index in [0.717, 1.165) is 46.5 Å². The van der Waals surface area contributed by atoms with Gasteiger partial charge in [0, 0.05) is 12.2 Å². The highest BCUT2D eigenvalue weighted by atomic mass is 32.1. The van der Waals surface area contributed by atoms with Gasteiger partial charge in [-0.3, -0.25) is 9.69 Å². The topological polar surface area (TPSA) is 51.7 Å². The van der Waals surface area contributed by atoms with Crippen LogP contribution in [0, 0.1) is 0 Å². The first-order valence-corrected chi connectivity index (χ1v) is 12.2. The monoisotopic (exact) mass is 458 g/mol. The van der Waals surface area contributed by atoms with Gasteiger partial charge in [-0.05, 0) is 61.2 Å². The molecule has 1 aliphatic heterocycles. The predicted octanol–water partition coefficient (Wildman–Crippen LogP) is 6.19. The molecule has 0 aliphatic carbocycles. The van der Waals surface area contributed by atoms with E-state index in [-0.39, 0.29) is 12.0 Å². The average molecular weight is 459 g/mol. The van der Waals surface area contributed by atoms with E-state index < -0.39 is 0 Å². The van der Waals surface area contributed by atoms with Crippen LogP contribution in [-0.4, -0.2) is 36.8 Å². The number of benzene rings is 3. The van der Waals surface area contributed by atoms with Crippen LogP contribution in [0.4, 0.5) is 5.13 Å². The molecule has 1 amide bonds. The van der Waals surface area contributed by atoms with Crippen molar-refractivity contribution < 1.29 is 14.3 Å².